The molecule has 9 nitrogen and oxygen atoms in total. The molecule has 212 valence electrons. The Labute approximate surface area is 229 Å². The van der Waals surface area contributed by atoms with Crippen molar-refractivity contribution >= 4 is 27.1 Å². The lowest BCUT2D eigenvalue weighted by Gasteiger charge is -2.23. The Balaban J connectivity index is 1.96. The van der Waals surface area contributed by atoms with Gasteiger partial charge in [0.2, 0.25) is 10.0 Å². The van der Waals surface area contributed by atoms with Crippen molar-refractivity contribution in [2.45, 2.75) is 63.7 Å². The fraction of sp³-hybridized carbons (Fsp3) is 0.429. The van der Waals surface area contributed by atoms with E-state index in [2.05, 4.69) is 10.3 Å². The number of hydrogen-bond donors (Lipinski definition) is 2. The molecule has 0 spiro atoms. The summed E-state index contributed by atoms with van der Waals surface area (Å²) < 4.78 is 48.0. The van der Waals surface area contributed by atoms with Crippen molar-refractivity contribution in [2.75, 3.05) is 20.6 Å². The van der Waals surface area contributed by atoms with Crippen LogP contribution in [0, 0.1) is 0 Å². The van der Waals surface area contributed by atoms with Gasteiger partial charge in [0.05, 0.1) is 33.8 Å². The molecule has 3 rings (SSSR count). The number of amides is 1. The predicted octanol–water partition coefficient (Wildman–Crippen LogP) is 4.48. The Kier molecular flexibility index (Phi) is 8.88. The van der Waals surface area contributed by atoms with Gasteiger partial charge in [-0.05, 0) is 70.5 Å². The SMILES string of the molecule is CN(C)S(=O)(=O)c1ccc(Cc2c(C(C)(C)O)n(C/C(F)=C/CNC(=O)OC(C)(C)C)c3cccnc23)cc1. The van der Waals surface area contributed by atoms with E-state index >= 15 is 4.39 Å². The summed E-state index contributed by atoms with van der Waals surface area (Å²) in [6.07, 6.45) is 2.58. The number of aromatic nitrogens is 2. The molecular formula is C28H37FN4O5S. The van der Waals surface area contributed by atoms with Gasteiger partial charge in [0, 0.05) is 38.8 Å². The summed E-state index contributed by atoms with van der Waals surface area (Å²) in [6, 6.07) is 10.1. The third kappa shape index (κ3) is 7.43. The van der Waals surface area contributed by atoms with E-state index in [0.29, 0.717) is 28.7 Å². The monoisotopic (exact) mass is 560 g/mol. The molecule has 0 saturated carbocycles. The zero-order valence-electron chi connectivity index (χ0n) is 23.4. The van der Waals surface area contributed by atoms with E-state index in [1.54, 1.807) is 81.8 Å². The minimum absolute atomic E-state index is 0.0644. The number of allylic oxidation sites excluding steroid dienone is 1. The highest BCUT2D eigenvalue weighted by Crippen LogP contribution is 2.35. The van der Waals surface area contributed by atoms with E-state index in [1.807, 2.05) is 0 Å². The topological polar surface area (TPSA) is 114 Å². The van der Waals surface area contributed by atoms with Gasteiger partial charge in [0.15, 0.2) is 0 Å². The van der Waals surface area contributed by atoms with E-state index in [4.69, 9.17) is 4.74 Å². The summed E-state index contributed by atoms with van der Waals surface area (Å²) in [5, 5.41) is 13.7. The molecule has 3 aromatic rings. The van der Waals surface area contributed by atoms with Crippen LogP contribution >= 0.6 is 0 Å². The van der Waals surface area contributed by atoms with Crippen LogP contribution in [-0.2, 0) is 33.3 Å². The maximum Gasteiger partial charge on any atom is 0.407 e. The lowest BCUT2D eigenvalue weighted by atomic mass is 9.96. The van der Waals surface area contributed by atoms with Crippen LogP contribution in [0.2, 0.25) is 0 Å². The fourth-order valence-electron chi connectivity index (χ4n) is 4.24. The van der Waals surface area contributed by atoms with Crippen LogP contribution in [-0.4, -0.2) is 59.7 Å². The predicted molar refractivity (Wildman–Crippen MR) is 149 cm³/mol. The highest BCUT2D eigenvalue weighted by atomic mass is 32.2. The zero-order chi connectivity index (χ0) is 29.2. The first-order valence-electron chi connectivity index (χ1n) is 12.5. The summed E-state index contributed by atoms with van der Waals surface area (Å²) in [6.45, 7) is 8.22. The molecule has 0 unspecified atom stereocenters. The highest BCUT2D eigenvalue weighted by Gasteiger charge is 2.29. The van der Waals surface area contributed by atoms with Gasteiger partial charge >= 0.3 is 6.09 Å². The van der Waals surface area contributed by atoms with E-state index in [0.717, 1.165) is 9.87 Å². The Hall–Kier alpha value is -3.28. The van der Waals surface area contributed by atoms with Gasteiger partial charge in [-0.1, -0.05) is 12.1 Å². The number of nitrogens with zero attached hydrogens (tertiary/aromatic N) is 3. The van der Waals surface area contributed by atoms with Gasteiger partial charge < -0.3 is 19.7 Å². The number of rotatable bonds is 9. The average Bonchev–Trinajstić information content (AvgIpc) is 3.11. The number of halogens is 1. The normalized spacial score (nSPS) is 13.2. The molecule has 0 aliphatic rings. The molecule has 11 heteroatoms. The fourth-order valence-corrected chi connectivity index (χ4v) is 5.14. The van der Waals surface area contributed by atoms with E-state index < -0.39 is 33.1 Å². The minimum atomic E-state index is -3.57. The molecule has 0 aliphatic carbocycles. The van der Waals surface area contributed by atoms with Crippen LogP contribution in [0.15, 0.2) is 59.4 Å². The molecular weight excluding hydrogens is 523 g/mol. The molecule has 39 heavy (non-hydrogen) atoms. The van der Waals surface area contributed by atoms with Crippen LogP contribution in [0.4, 0.5) is 9.18 Å². The van der Waals surface area contributed by atoms with Crippen LogP contribution < -0.4 is 5.32 Å². The molecule has 0 bridgehead atoms. The van der Waals surface area contributed by atoms with Crippen molar-refractivity contribution in [3.8, 4) is 0 Å². The smallest absolute Gasteiger partial charge is 0.407 e. The molecule has 0 atom stereocenters. The summed E-state index contributed by atoms with van der Waals surface area (Å²) in [5.41, 5.74) is 1.24. The number of aliphatic hydroxyl groups is 1. The Morgan fingerprint density at radius 1 is 1.15 bits per heavy atom. The number of fused-ring (bicyclic) bond motifs is 1. The number of sulfonamides is 1. The van der Waals surface area contributed by atoms with Gasteiger partial charge in [-0.3, -0.25) is 4.98 Å². The summed E-state index contributed by atoms with van der Waals surface area (Å²) >= 11 is 0. The Morgan fingerprint density at radius 3 is 2.36 bits per heavy atom. The molecule has 2 aromatic heterocycles. The Bertz CT molecular complexity index is 1460. The van der Waals surface area contributed by atoms with Crippen molar-refractivity contribution in [3.63, 3.8) is 0 Å². The molecule has 2 N–H and O–H groups in total. The standard InChI is InChI=1S/C28H37FN4O5S/c1-27(2,3)38-26(34)31-16-14-20(29)18-33-23-9-8-15-30-24(23)22(25(33)28(4,5)35)17-19-10-12-21(13-11-19)39(36,37)32(6)7/h8-15,35H,16-18H2,1-7H3,(H,31,34)/b20-14-. The first kappa shape index (κ1) is 30.3. The number of carbonyl (C=O) groups excluding carboxylic acids is 1. The first-order valence-corrected chi connectivity index (χ1v) is 14.0. The van der Waals surface area contributed by atoms with E-state index in [-0.39, 0.29) is 18.0 Å². The van der Waals surface area contributed by atoms with Crippen LogP contribution in [0.5, 0.6) is 0 Å². The number of hydrogen-bond acceptors (Lipinski definition) is 6. The third-order valence-corrected chi connectivity index (χ3v) is 7.69. The zero-order valence-corrected chi connectivity index (χ0v) is 24.3. The Morgan fingerprint density at radius 2 is 1.79 bits per heavy atom. The summed E-state index contributed by atoms with van der Waals surface area (Å²) in [5.74, 6) is -0.512. The second-order valence-corrected chi connectivity index (χ2v) is 13.1. The number of benzene rings is 1. The quantitative estimate of drug-likeness (QED) is 0.399. The van der Waals surface area contributed by atoms with Crippen LogP contribution in [0.1, 0.15) is 51.4 Å². The summed E-state index contributed by atoms with van der Waals surface area (Å²) in [4.78, 5) is 16.6. The second-order valence-electron chi connectivity index (χ2n) is 11.0. The number of alkyl carbamates (subject to hydrolysis) is 1. The molecule has 0 saturated heterocycles. The molecule has 0 aliphatic heterocycles. The van der Waals surface area contributed by atoms with E-state index in [1.165, 1.54) is 20.2 Å². The molecule has 0 radical (unpaired) electrons. The molecule has 1 aromatic carbocycles. The average molecular weight is 561 g/mol. The summed E-state index contributed by atoms with van der Waals surface area (Å²) in [7, 11) is -0.624. The van der Waals surface area contributed by atoms with Crippen molar-refractivity contribution in [3.05, 3.63) is 71.3 Å². The number of pyridine rings is 1. The van der Waals surface area contributed by atoms with E-state index in [9.17, 15) is 18.3 Å². The van der Waals surface area contributed by atoms with Gasteiger partial charge in [-0.2, -0.15) is 0 Å². The van der Waals surface area contributed by atoms with Crippen molar-refractivity contribution in [2.24, 2.45) is 0 Å². The van der Waals surface area contributed by atoms with Gasteiger partial charge in [-0.15, -0.1) is 0 Å². The van der Waals surface area contributed by atoms with Gasteiger partial charge in [0.25, 0.3) is 0 Å². The first-order chi connectivity index (χ1) is 18.0. The van der Waals surface area contributed by atoms with Crippen LogP contribution in [0.3, 0.4) is 0 Å². The number of nitrogens with one attached hydrogen (secondary N) is 1. The second kappa shape index (κ2) is 11.4. The van der Waals surface area contributed by atoms with Crippen molar-refractivity contribution < 1.29 is 27.4 Å². The lowest BCUT2D eigenvalue weighted by Crippen LogP contribution is -2.32. The number of carbonyl (C=O) groups is 1. The van der Waals surface area contributed by atoms with Crippen molar-refractivity contribution in [1.29, 1.82) is 0 Å². The maximum absolute atomic E-state index is 15.1. The molecule has 0 fully saturated rings. The highest BCUT2D eigenvalue weighted by molar-refractivity contribution is 7.89. The lowest BCUT2D eigenvalue weighted by molar-refractivity contribution is 0.0533. The minimum Gasteiger partial charge on any atom is -0.444 e. The largest absolute Gasteiger partial charge is 0.444 e. The molecule has 1 amide bonds. The molecule has 2 heterocycles. The van der Waals surface area contributed by atoms with Crippen molar-refractivity contribution in [1.82, 2.24) is 19.2 Å². The maximum atomic E-state index is 15.1. The third-order valence-electron chi connectivity index (χ3n) is 5.86. The van der Waals surface area contributed by atoms with Crippen LogP contribution in [0.25, 0.3) is 11.0 Å². The number of ether oxygens (including phenoxy) is 1. The van der Waals surface area contributed by atoms with Gasteiger partial charge in [0.1, 0.15) is 11.4 Å². The van der Waals surface area contributed by atoms with Gasteiger partial charge in [-0.25, -0.2) is 21.9 Å².